The zero-order valence-electron chi connectivity index (χ0n) is 18.1. The Balaban J connectivity index is 1.69. The lowest BCUT2D eigenvalue weighted by molar-refractivity contribution is -0.126. The van der Waals surface area contributed by atoms with Gasteiger partial charge in [-0.1, -0.05) is 24.6 Å². The summed E-state index contributed by atoms with van der Waals surface area (Å²) >= 11 is 0. The number of rotatable bonds is 3. The molecule has 1 heterocycles. The molecule has 2 atom stereocenters. The van der Waals surface area contributed by atoms with Crippen molar-refractivity contribution in [3.63, 3.8) is 0 Å². The molecule has 2 aromatic rings. The number of sulfonamides is 1. The van der Waals surface area contributed by atoms with E-state index in [1.54, 1.807) is 19.2 Å². The first kappa shape index (κ1) is 20.3. The molecule has 1 saturated carbocycles. The molecule has 0 radical (unpaired) electrons. The number of ether oxygens (including phenoxy) is 1. The van der Waals surface area contributed by atoms with Crippen molar-refractivity contribution in [2.75, 3.05) is 18.0 Å². The Labute approximate surface area is 183 Å². The van der Waals surface area contributed by atoms with Crippen molar-refractivity contribution >= 4 is 27.1 Å². The van der Waals surface area contributed by atoms with Crippen LogP contribution in [0, 0.1) is 18.3 Å². The van der Waals surface area contributed by atoms with Gasteiger partial charge in [-0.25, -0.2) is 8.42 Å². The fraction of sp³-hybridized carbons (Fsp3) is 0.400. The molecule has 0 aromatic heterocycles. The lowest BCUT2D eigenvalue weighted by Crippen LogP contribution is -2.42. The van der Waals surface area contributed by atoms with Crippen LogP contribution in [0.1, 0.15) is 43.7 Å². The molecule has 5 nitrogen and oxygen atoms in total. The summed E-state index contributed by atoms with van der Waals surface area (Å²) in [6.07, 6.45) is 3.01. The number of carbonyl (C=O) groups is 1. The Morgan fingerprint density at radius 3 is 2.55 bits per heavy atom. The van der Waals surface area contributed by atoms with Crippen LogP contribution in [0.15, 0.2) is 52.9 Å². The van der Waals surface area contributed by atoms with E-state index in [4.69, 9.17) is 4.74 Å². The number of fused-ring (bicyclic) bond motifs is 4. The molecule has 0 unspecified atom stereocenters. The lowest BCUT2D eigenvalue weighted by atomic mass is 9.64. The number of hydrogen-bond acceptors (Lipinski definition) is 4. The number of anilines is 1. The molecule has 2 aliphatic carbocycles. The number of carbonyl (C=O) groups excluding carboxylic acids is 1. The summed E-state index contributed by atoms with van der Waals surface area (Å²) in [5, 5.41) is 0. The summed E-state index contributed by atoms with van der Waals surface area (Å²) in [7, 11) is -2.18. The van der Waals surface area contributed by atoms with E-state index in [9.17, 15) is 13.2 Å². The maximum atomic E-state index is 13.8. The van der Waals surface area contributed by atoms with Crippen molar-refractivity contribution in [3.05, 3.63) is 59.2 Å². The van der Waals surface area contributed by atoms with Gasteiger partial charge in [0.1, 0.15) is 11.5 Å². The van der Waals surface area contributed by atoms with E-state index in [0.29, 0.717) is 30.2 Å². The summed E-state index contributed by atoms with van der Waals surface area (Å²) in [6.45, 7) is 4.30. The van der Waals surface area contributed by atoms with Crippen molar-refractivity contribution in [3.8, 4) is 5.75 Å². The molecule has 1 aliphatic heterocycles. The fourth-order valence-corrected chi connectivity index (χ4v) is 7.06. The predicted molar refractivity (Wildman–Crippen MR) is 121 cm³/mol. The summed E-state index contributed by atoms with van der Waals surface area (Å²) in [5.74, 6) is 1.05. The quantitative estimate of drug-likeness (QED) is 0.695. The molecule has 3 aliphatic rings. The normalized spacial score (nSPS) is 25.2. The highest BCUT2D eigenvalue weighted by atomic mass is 32.2. The van der Waals surface area contributed by atoms with Crippen LogP contribution < -0.4 is 9.04 Å². The molecule has 0 saturated heterocycles. The summed E-state index contributed by atoms with van der Waals surface area (Å²) in [6, 6.07) is 12.6. The zero-order valence-corrected chi connectivity index (χ0v) is 19.0. The third-order valence-electron chi connectivity index (χ3n) is 7.49. The average molecular weight is 438 g/mol. The second-order valence-electron chi connectivity index (χ2n) is 9.14. The van der Waals surface area contributed by atoms with Gasteiger partial charge in [-0.05, 0) is 67.5 Å². The van der Waals surface area contributed by atoms with Crippen molar-refractivity contribution < 1.29 is 17.9 Å². The largest absolute Gasteiger partial charge is 0.497 e. The van der Waals surface area contributed by atoms with E-state index in [-0.39, 0.29) is 16.2 Å². The minimum Gasteiger partial charge on any atom is -0.497 e. The zero-order chi connectivity index (χ0) is 22.0. The maximum absolute atomic E-state index is 13.8. The topological polar surface area (TPSA) is 63.7 Å². The first-order valence-corrected chi connectivity index (χ1v) is 12.2. The first-order valence-electron chi connectivity index (χ1n) is 10.8. The van der Waals surface area contributed by atoms with Gasteiger partial charge in [-0.3, -0.25) is 9.10 Å². The van der Waals surface area contributed by atoms with Gasteiger partial charge >= 0.3 is 0 Å². The first-order chi connectivity index (χ1) is 14.8. The molecule has 5 rings (SSSR count). The SMILES string of the molecule is COc1ccc2c(c1)N(S(=O)(=O)c1ccc(C)cc1)CC1=C2CC[C@@]2(C)C(=O)CC[C@@H]12. The highest BCUT2D eigenvalue weighted by molar-refractivity contribution is 7.92. The number of allylic oxidation sites excluding steroid dienone is 1. The highest BCUT2D eigenvalue weighted by Crippen LogP contribution is 2.57. The molecule has 1 fully saturated rings. The van der Waals surface area contributed by atoms with Gasteiger partial charge < -0.3 is 4.74 Å². The molecule has 162 valence electrons. The van der Waals surface area contributed by atoms with Crippen LogP contribution in [0.5, 0.6) is 5.75 Å². The van der Waals surface area contributed by atoms with Crippen LogP contribution in [-0.2, 0) is 14.8 Å². The van der Waals surface area contributed by atoms with Gasteiger partial charge in [-0.15, -0.1) is 0 Å². The molecule has 31 heavy (non-hydrogen) atoms. The summed E-state index contributed by atoms with van der Waals surface area (Å²) in [4.78, 5) is 13.0. The summed E-state index contributed by atoms with van der Waals surface area (Å²) in [5.41, 5.74) is 4.57. The van der Waals surface area contributed by atoms with E-state index >= 15 is 0 Å². The predicted octanol–water partition coefficient (Wildman–Crippen LogP) is 4.75. The Bertz CT molecular complexity index is 1210. The fourth-order valence-electron chi connectivity index (χ4n) is 5.61. The van der Waals surface area contributed by atoms with E-state index in [1.165, 1.54) is 9.88 Å². The molecular formula is C25H27NO4S. The van der Waals surface area contributed by atoms with Gasteiger partial charge in [0.15, 0.2) is 0 Å². The number of benzene rings is 2. The minimum atomic E-state index is -3.77. The van der Waals surface area contributed by atoms with Crippen molar-refractivity contribution in [1.29, 1.82) is 0 Å². The van der Waals surface area contributed by atoms with E-state index in [0.717, 1.165) is 36.0 Å². The Hall–Kier alpha value is -2.60. The van der Waals surface area contributed by atoms with Crippen molar-refractivity contribution in [2.45, 2.75) is 44.4 Å². The number of nitrogens with zero attached hydrogens (tertiary/aromatic N) is 1. The highest BCUT2D eigenvalue weighted by Gasteiger charge is 2.52. The molecule has 6 heteroatoms. The number of ketones is 1. The minimum absolute atomic E-state index is 0.106. The van der Waals surface area contributed by atoms with Gasteiger partial charge in [0, 0.05) is 23.5 Å². The van der Waals surface area contributed by atoms with E-state index in [1.807, 2.05) is 37.3 Å². The third-order valence-corrected chi connectivity index (χ3v) is 9.26. The monoisotopic (exact) mass is 437 g/mol. The van der Waals surface area contributed by atoms with Gasteiger partial charge in [0.05, 0.1) is 24.2 Å². The average Bonchev–Trinajstić information content (AvgIpc) is 3.07. The Morgan fingerprint density at radius 2 is 1.84 bits per heavy atom. The van der Waals surface area contributed by atoms with Crippen LogP contribution in [0.2, 0.25) is 0 Å². The van der Waals surface area contributed by atoms with Gasteiger partial charge in [0.25, 0.3) is 10.0 Å². The van der Waals surface area contributed by atoms with E-state index in [2.05, 4.69) is 6.92 Å². The molecule has 0 spiro atoms. The number of hydrogen-bond donors (Lipinski definition) is 0. The van der Waals surface area contributed by atoms with Crippen LogP contribution in [0.25, 0.3) is 5.57 Å². The molecule has 0 N–H and O–H groups in total. The van der Waals surface area contributed by atoms with Gasteiger partial charge in [0.2, 0.25) is 0 Å². The number of methoxy groups -OCH3 is 1. The van der Waals surface area contributed by atoms with Crippen LogP contribution in [-0.4, -0.2) is 27.9 Å². The Morgan fingerprint density at radius 1 is 1.10 bits per heavy atom. The number of Topliss-reactive ketones (excluding diaryl/α,β-unsaturated/α-hetero) is 1. The molecule has 0 amide bonds. The van der Waals surface area contributed by atoms with Crippen LogP contribution in [0.4, 0.5) is 5.69 Å². The summed E-state index contributed by atoms with van der Waals surface area (Å²) < 4.78 is 34.5. The standard InChI is InChI=1S/C25H27NO4S/c1-16-4-7-18(8-5-16)31(28,29)26-15-21-19(20-9-6-17(30-3)14-23(20)26)12-13-25(2)22(21)10-11-24(25)27/h4-9,14,22H,10-13,15H2,1-3H3/t22-,25+/m0/s1. The van der Waals surface area contributed by atoms with Crippen molar-refractivity contribution in [2.24, 2.45) is 11.3 Å². The van der Waals surface area contributed by atoms with Crippen LogP contribution in [0.3, 0.4) is 0 Å². The van der Waals surface area contributed by atoms with Gasteiger partial charge in [-0.2, -0.15) is 0 Å². The molecular weight excluding hydrogens is 410 g/mol. The van der Waals surface area contributed by atoms with Crippen molar-refractivity contribution in [1.82, 2.24) is 0 Å². The third kappa shape index (κ3) is 2.95. The second kappa shape index (κ2) is 6.95. The van der Waals surface area contributed by atoms with E-state index < -0.39 is 10.0 Å². The molecule has 2 aromatic carbocycles. The van der Waals surface area contributed by atoms with Crippen LogP contribution >= 0.6 is 0 Å². The maximum Gasteiger partial charge on any atom is 0.264 e. The lowest BCUT2D eigenvalue weighted by Gasteiger charge is -2.43. The number of aryl methyl sites for hydroxylation is 1. The second-order valence-corrected chi connectivity index (χ2v) is 11.0. The smallest absolute Gasteiger partial charge is 0.264 e. The molecule has 0 bridgehead atoms. The Kier molecular flexibility index (Phi) is 4.56.